The predicted molar refractivity (Wildman–Crippen MR) is 177 cm³/mol. The summed E-state index contributed by atoms with van der Waals surface area (Å²) in [5.41, 5.74) is 8.10. The van der Waals surface area contributed by atoms with E-state index in [4.69, 9.17) is 5.73 Å². The van der Waals surface area contributed by atoms with Gasteiger partial charge in [0, 0.05) is 23.9 Å². The summed E-state index contributed by atoms with van der Waals surface area (Å²) in [6.07, 6.45) is 13.1. The molecular formula is C36H59N5O2. The first kappa shape index (κ1) is 33.2. The minimum atomic E-state index is -0.474. The van der Waals surface area contributed by atoms with Crippen molar-refractivity contribution < 1.29 is 9.59 Å². The summed E-state index contributed by atoms with van der Waals surface area (Å²) in [7, 11) is 0. The number of nitrogens with zero attached hydrogens (tertiary/aromatic N) is 1. The molecule has 1 saturated heterocycles. The lowest BCUT2D eigenvalue weighted by atomic mass is 9.79. The number of hydrogen-bond acceptors (Lipinski definition) is 5. The molecule has 5 N–H and O–H groups in total. The topological polar surface area (TPSA) is 99.5 Å². The van der Waals surface area contributed by atoms with Crippen LogP contribution in [0.25, 0.3) is 0 Å². The molecule has 4 rings (SSSR count). The average Bonchev–Trinajstić information content (AvgIpc) is 3.58. The molecule has 0 bridgehead atoms. The van der Waals surface area contributed by atoms with Crippen LogP contribution in [0.2, 0.25) is 0 Å². The number of nitrogens with two attached hydrogens (primary N) is 1. The van der Waals surface area contributed by atoms with Crippen LogP contribution in [0.1, 0.15) is 105 Å². The number of carbonyl (C=O) groups is 2. The highest BCUT2D eigenvalue weighted by Crippen LogP contribution is 2.51. The minimum Gasteiger partial charge on any atom is -0.380 e. The van der Waals surface area contributed by atoms with Crippen molar-refractivity contribution >= 4 is 11.8 Å². The number of carbonyl (C=O) groups excluding carboxylic acids is 2. The number of fused-ring (bicyclic) bond motifs is 1. The Morgan fingerprint density at radius 2 is 1.63 bits per heavy atom. The largest absolute Gasteiger partial charge is 0.380 e. The van der Waals surface area contributed by atoms with E-state index in [1.54, 1.807) is 0 Å². The molecule has 3 saturated carbocycles. The van der Waals surface area contributed by atoms with Crippen LogP contribution in [0.5, 0.6) is 0 Å². The van der Waals surface area contributed by atoms with Crippen molar-refractivity contribution in [2.45, 2.75) is 129 Å². The molecule has 4 unspecified atom stereocenters. The Hall–Kier alpha value is -2.70. The maximum atomic E-state index is 14.5. The standard InChI is InChI=1S/C36H59N5O2/c1-22(2)17-18-31(36(6,7)8)39-25(5)40-32(27-15-10-9-11-16-27)35(43)41-21-28-20-29(28)33(41)24(4)38-30(23(3)34(37)42)19-26-13-12-14-26/h26-33,38-40H,1,3-5,9-21H2,2,6-8H3,(H2,37,42)/t28-,29-,30?,31?,32?,33?/m0/s1. The Labute approximate surface area is 261 Å². The van der Waals surface area contributed by atoms with Crippen LogP contribution in [0.3, 0.4) is 0 Å². The normalized spacial score (nSPS) is 25.9. The Kier molecular flexibility index (Phi) is 10.8. The molecule has 0 aromatic heterocycles. The third-order valence-electron chi connectivity index (χ3n) is 10.7. The van der Waals surface area contributed by atoms with E-state index < -0.39 is 5.91 Å². The van der Waals surface area contributed by atoms with Gasteiger partial charge in [0.1, 0.15) is 6.04 Å². The van der Waals surface area contributed by atoms with E-state index in [1.165, 1.54) is 31.3 Å². The van der Waals surface area contributed by atoms with E-state index >= 15 is 0 Å². The summed E-state index contributed by atoms with van der Waals surface area (Å²) >= 11 is 0. The molecule has 4 aliphatic rings. The van der Waals surface area contributed by atoms with Crippen LogP contribution < -0.4 is 21.7 Å². The zero-order valence-corrected chi connectivity index (χ0v) is 27.5. The maximum absolute atomic E-state index is 14.5. The van der Waals surface area contributed by atoms with Gasteiger partial charge in [-0.1, -0.05) is 84.6 Å². The fourth-order valence-electron chi connectivity index (χ4n) is 7.55. The molecule has 4 fully saturated rings. The van der Waals surface area contributed by atoms with Crippen molar-refractivity contribution in [3.8, 4) is 0 Å². The van der Waals surface area contributed by atoms with Crippen molar-refractivity contribution in [2.75, 3.05) is 6.54 Å². The molecular weight excluding hydrogens is 534 g/mol. The molecule has 7 heteroatoms. The molecule has 7 nitrogen and oxygen atoms in total. The monoisotopic (exact) mass is 593 g/mol. The van der Waals surface area contributed by atoms with Crippen LogP contribution >= 0.6 is 0 Å². The van der Waals surface area contributed by atoms with E-state index in [-0.39, 0.29) is 41.4 Å². The van der Waals surface area contributed by atoms with Crippen LogP contribution in [0, 0.1) is 29.1 Å². The number of hydrogen-bond donors (Lipinski definition) is 4. The number of primary amides is 1. The van der Waals surface area contributed by atoms with Crippen LogP contribution in [-0.2, 0) is 9.59 Å². The fraction of sp³-hybridized carbons (Fsp3) is 0.722. The van der Waals surface area contributed by atoms with Gasteiger partial charge in [-0.15, -0.1) is 6.58 Å². The lowest BCUT2D eigenvalue weighted by molar-refractivity contribution is -0.136. The summed E-state index contributed by atoms with van der Waals surface area (Å²) in [5, 5.41) is 10.8. The third kappa shape index (κ3) is 8.48. The summed E-state index contributed by atoms with van der Waals surface area (Å²) in [4.78, 5) is 28.7. The van der Waals surface area contributed by atoms with Gasteiger partial charge in [0.25, 0.3) is 0 Å². The van der Waals surface area contributed by atoms with Gasteiger partial charge in [0.15, 0.2) is 0 Å². The number of amides is 2. The minimum absolute atomic E-state index is 0.0279. The van der Waals surface area contributed by atoms with Crippen molar-refractivity contribution in [1.29, 1.82) is 0 Å². The van der Waals surface area contributed by atoms with Gasteiger partial charge in [0.05, 0.1) is 17.9 Å². The van der Waals surface area contributed by atoms with Gasteiger partial charge in [-0.05, 0) is 74.5 Å². The lowest BCUT2D eigenvalue weighted by Crippen LogP contribution is -2.56. The second-order valence-electron chi connectivity index (χ2n) is 15.3. The summed E-state index contributed by atoms with van der Waals surface area (Å²) in [6, 6.07) is -0.460. The molecule has 6 atom stereocenters. The first-order valence-corrected chi connectivity index (χ1v) is 16.9. The number of rotatable bonds is 16. The lowest BCUT2D eigenvalue weighted by Gasteiger charge is -2.40. The molecule has 1 heterocycles. The van der Waals surface area contributed by atoms with Crippen LogP contribution in [-0.4, -0.2) is 47.4 Å². The highest BCUT2D eigenvalue weighted by molar-refractivity contribution is 5.92. The summed E-state index contributed by atoms with van der Waals surface area (Å²) in [6.45, 7) is 26.5. The van der Waals surface area contributed by atoms with Crippen LogP contribution in [0.15, 0.2) is 49.0 Å². The molecule has 3 aliphatic carbocycles. The second-order valence-corrected chi connectivity index (χ2v) is 15.3. The highest BCUT2D eigenvalue weighted by atomic mass is 16.2. The van der Waals surface area contributed by atoms with Crippen molar-refractivity contribution in [1.82, 2.24) is 20.9 Å². The number of likely N-dealkylation sites (tertiary alicyclic amines) is 1. The first-order valence-electron chi connectivity index (χ1n) is 16.9. The molecule has 1 aliphatic heterocycles. The Morgan fingerprint density at radius 3 is 2.19 bits per heavy atom. The molecule has 2 amide bonds. The number of nitrogens with one attached hydrogen (secondary N) is 3. The number of piperidine rings is 1. The van der Waals surface area contributed by atoms with Gasteiger partial charge < -0.3 is 26.6 Å². The zero-order valence-electron chi connectivity index (χ0n) is 27.5. The first-order chi connectivity index (χ1) is 20.3. The maximum Gasteiger partial charge on any atom is 0.246 e. The predicted octanol–water partition coefficient (Wildman–Crippen LogP) is 5.91. The van der Waals surface area contributed by atoms with Crippen LogP contribution in [0.4, 0.5) is 0 Å². The second kappa shape index (κ2) is 13.9. The van der Waals surface area contributed by atoms with E-state index in [0.29, 0.717) is 23.3 Å². The van der Waals surface area contributed by atoms with Gasteiger partial charge >= 0.3 is 0 Å². The molecule has 0 aromatic rings. The fourth-order valence-corrected chi connectivity index (χ4v) is 7.55. The summed E-state index contributed by atoms with van der Waals surface area (Å²) in [5.74, 6) is 2.16. The van der Waals surface area contributed by atoms with E-state index in [2.05, 4.69) is 74.9 Å². The molecule has 0 aromatic carbocycles. The van der Waals surface area contributed by atoms with Gasteiger partial charge in [-0.2, -0.15) is 0 Å². The SMILES string of the molecule is C=C(C)CCC(NC(=C)NC(C(=O)N1C[C@@H]2C[C@@H]2C1C(=C)NC(CC1CCC1)C(=C)C(N)=O)C1CCCCC1)C(C)(C)C. The zero-order chi connectivity index (χ0) is 31.5. The molecule has 0 spiro atoms. The Bertz CT molecular complexity index is 1080. The average molecular weight is 594 g/mol. The van der Waals surface area contributed by atoms with Crippen molar-refractivity contribution in [2.24, 2.45) is 34.8 Å². The quantitative estimate of drug-likeness (QED) is 0.132. The van der Waals surface area contributed by atoms with Gasteiger partial charge in [-0.25, -0.2) is 0 Å². The van der Waals surface area contributed by atoms with E-state index in [0.717, 1.165) is 69.4 Å². The highest BCUT2D eigenvalue weighted by Gasteiger charge is 2.56. The Balaban J connectivity index is 1.49. The molecule has 43 heavy (non-hydrogen) atoms. The smallest absolute Gasteiger partial charge is 0.246 e. The molecule has 0 radical (unpaired) electrons. The van der Waals surface area contributed by atoms with Crippen molar-refractivity contribution in [3.63, 3.8) is 0 Å². The number of allylic oxidation sites excluding steroid dienone is 1. The van der Waals surface area contributed by atoms with E-state index in [9.17, 15) is 9.59 Å². The Morgan fingerprint density at radius 1 is 0.953 bits per heavy atom. The molecule has 240 valence electrons. The third-order valence-corrected chi connectivity index (χ3v) is 10.7. The van der Waals surface area contributed by atoms with Gasteiger partial charge in [0.2, 0.25) is 11.8 Å². The van der Waals surface area contributed by atoms with Gasteiger partial charge in [-0.3, -0.25) is 9.59 Å². The van der Waals surface area contributed by atoms with E-state index in [1.807, 2.05) is 0 Å². The van der Waals surface area contributed by atoms with Crippen molar-refractivity contribution in [3.05, 3.63) is 49.0 Å². The summed E-state index contributed by atoms with van der Waals surface area (Å²) < 4.78 is 0.